The number of rotatable bonds is 2. The highest BCUT2D eigenvalue weighted by Gasteiger charge is 2.33. The van der Waals surface area contributed by atoms with Gasteiger partial charge in [-0.3, -0.25) is 14.9 Å². The standard InChI is InChI=1S/C16H15ClF3N3O2S/c1-22-2-4-23(5-3-22)13-9(7-12-14(24)21-15(25)26-12)6-10(8-11(13)17)16(18,19)20/h6-8H,2-5H2,1H3,(H,21,24,25). The first-order valence-corrected chi connectivity index (χ1v) is 8.93. The number of alkyl halides is 3. The van der Waals surface area contributed by atoms with Crippen LogP contribution in [0.25, 0.3) is 6.08 Å². The fourth-order valence-electron chi connectivity index (χ4n) is 2.82. The number of hydrogen-bond acceptors (Lipinski definition) is 5. The molecule has 2 aliphatic rings. The maximum absolute atomic E-state index is 13.2. The molecule has 1 N–H and O–H groups in total. The summed E-state index contributed by atoms with van der Waals surface area (Å²) >= 11 is 6.86. The largest absolute Gasteiger partial charge is 0.416 e. The van der Waals surface area contributed by atoms with Crippen molar-refractivity contribution in [1.29, 1.82) is 0 Å². The predicted molar refractivity (Wildman–Crippen MR) is 95.3 cm³/mol. The van der Waals surface area contributed by atoms with Crippen molar-refractivity contribution in [3.8, 4) is 0 Å². The highest BCUT2D eigenvalue weighted by Crippen LogP contribution is 2.40. The van der Waals surface area contributed by atoms with Crippen LogP contribution in [0.1, 0.15) is 11.1 Å². The molecule has 1 aromatic rings. The van der Waals surface area contributed by atoms with Crippen LogP contribution in [0.15, 0.2) is 17.0 Å². The van der Waals surface area contributed by atoms with Crippen molar-refractivity contribution < 1.29 is 22.8 Å². The zero-order chi connectivity index (χ0) is 19.1. The third kappa shape index (κ3) is 3.99. The number of benzene rings is 1. The Kier molecular flexibility index (Phi) is 5.23. The Balaban J connectivity index is 2.09. The molecule has 1 aromatic carbocycles. The van der Waals surface area contributed by atoms with E-state index in [1.165, 1.54) is 6.08 Å². The molecule has 140 valence electrons. The van der Waals surface area contributed by atoms with E-state index in [0.717, 1.165) is 25.2 Å². The van der Waals surface area contributed by atoms with Crippen LogP contribution in [0, 0.1) is 0 Å². The minimum absolute atomic E-state index is 0.0361. The van der Waals surface area contributed by atoms with Gasteiger partial charge >= 0.3 is 6.18 Å². The van der Waals surface area contributed by atoms with Gasteiger partial charge in [-0.15, -0.1) is 0 Å². The van der Waals surface area contributed by atoms with Crippen LogP contribution >= 0.6 is 23.4 Å². The molecule has 2 aliphatic heterocycles. The molecule has 2 amide bonds. The SMILES string of the molecule is CN1CCN(c2c(Cl)cc(C(F)(F)F)cc2C=C2SC(=O)NC2=O)CC1. The number of carbonyl (C=O) groups is 2. The van der Waals surface area contributed by atoms with Gasteiger partial charge in [0, 0.05) is 31.7 Å². The van der Waals surface area contributed by atoms with Gasteiger partial charge in [-0.2, -0.15) is 13.2 Å². The smallest absolute Gasteiger partial charge is 0.367 e. The Hall–Kier alpha value is -1.71. The Morgan fingerprint density at radius 1 is 1.19 bits per heavy atom. The first-order chi connectivity index (χ1) is 12.1. The number of carbonyl (C=O) groups excluding carboxylic acids is 2. The van der Waals surface area contributed by atoms with E-state index in [4.69, 9.17) is 11.6 Å². The summed E-state index contributed by atoms with van der Waals surface area (Å²) in [7, 11) is 1.96. The summed E-state index contributed by atoms with van der Waals surface area (Å²) < 4.78 is 39.6. The van der Waals surface area contributed by atoms with Gasteiger partial charge in [0.1, 0.15) is 0 Å². The quantitative estimate of drug-likeness (QED) is 0.764. The van der Waals surface area contributed by atoms with E-state index < -0.39 is 22.9 Å². The number of thioether (sulfide) groups is 1. The lowest BCUT2D eigenvalue weighted by Gasteiger charge is -2.35. The van der Waals surface area contributed by atoms with Crippen LogP contribution in [0.3, 0.4) is 0 Å². The molecular weight excluding hydrogens is 391 g/mol. The van der Waals surface area contributed by atoms with Crippen molar-refractivity contribution in [1.82, 2.24) is 10.2 Å². The van der Waals surface area contributed by atoms with Crippen molar-refractivity contribution in [3.05, 3.63) is 33.2 Å². The van der Waals surface area contributed by atoms with Crippen LogP contribution in [0.4, 0.5) is 23.7 Å². The number of amides is 2. The minimum Gasteiger partial charge on any atom is -0.367 e. The summed E-state index contributed by atoms with van der Waals surface area (Å²) in [6.07, 6.45) is -3.28. The Labute approximate surface area is 157 Å². The van der Waals surface area contributed by atoms with Crippen molar-refractivity contribution in [2.45, 2.75) is 6.18 Å². The molecule has 26 heavy (non-hydrogen) atoms. The van der Waals surface area contributed by atoms with Gasteiger partial charge in [0.2, 0.25) is 0 Å². The van der Waals surface area contributed by atoms with Gasteiger partial charge in [-0.05, 0) is 37.0 Å². The van der Waals surface area contributed by atoms with E-state index in [-0.39, 0.29) is 15.5 Å². The maximum atomic E-state index is 13.2. The van der Waals surface area contributed by atoms with Gasteiger partial charge in [-0.25, -0.2) is 0 Å². The highest BCUT2D eigenvalue weighted by molar-refractivity contribution is 8.18. The van der Waals surface area contributed by atoms with E-state index in [2.05, 4.69) is 10.2 Å². The number of hydrogen-bond donors (Lipinski definition) is 1. The van der Waals surface area contributed by atoms with Gasteiger partial charge in [0.25, 0.3) is 11.1 Å². The minimum atomic E-state index is -4.57. The molecule has 0 unspecified atom stereocenters. The highest BCUT2D eigenvalue weighted by atomic mass is 35.5. The van der Waals surface area contributed by atoms with E-state index in [9.17, 15) is 22.8 Å². The molecule has 0 spiro atoms. The second kappa shape index (κ2) is 7.13. The normalized spacial score (nSPS) is 20.8. The maximum Gasteiger partial charge on any atom is 0.416 e. The average molecular weight is 406 g/mol. The van der Waals surface area contributed by atoms with Crippen LogP contribution in [0.5, 0.6) is 0 Å². The van der Waals surface area contributed by atoms with Gasteiger partial charge < -0.3 is 9.80 Å². The summed E-state index contributed by atoms with van der Waals surface area (Å²) in [6.45, 7) is 2.66. The Morgan fingerprint density at radius 3 is 2.38 bits per heavy atom. The summed E-state index contributed by atoms with van der Waals surface area (Å²) in [5.74, 6) is -0.627. The molecule has 2 saturated heterocycles. The van der Waals surface area contributed by atoms with Crippen molar-refractivity contribution >= 4 is 46.3 Å². The molecule has 0 radical (unpaired) electrons. The second-order valence-corrected chi connectivity index (χ2v) is 7.46. The number of piperazine rings is 1. The average Bonchev–Trinajstić information content (AvgIpc) is 2.85. The lowest BCUT2D eigenvalue weighted by atomic mass is 10.1. The number of likely N-dealkylation sites (N-methyl/N-ethyl adjacent to an activating group) is 1. The zero-order valence-corrected chi connectivity index (χ0v) is 15.3. The monoisotopic (exact) mass is 405 g/mol. The molecule has 0 aromatic heterocycles. The van der Waals surface area contributed by atoms with Crippen LogP contribution in [0.2, 0.25) is 5.02 Å². The van der Waals surface area contributed by atoms with Crippen LogP contribution in [-0.2, 0) is 11.0 Å². The van der Waals surface area contributed by atoms with Crippen LogP contribution in [-0.4, -0.2) is 49.3 Å². The number of anilines is 1. The molecule has 0 atom stereocenters. The second-order valence-electron chi connectivity index (χ2n) is 6.04. The van der Waals surface area contributed by atoms with Gasteiger partial charge in [0.05, 0.1) is 21.2 Å². The van der Waals surface area contributed by atoms with Crippen LogP contribution < -0.4 is 10.2 Å². The Morgan fingerprint density at radius 2 is 1.85 bits per heavy atom. The summed E-state index contributed by atoms with van der Waals surface area (Å²) in [4.78, 5) is 27.2. The molecule has 0 bridgehead atoms. The summed E-state index contributed by atoms with van der Waals surface area (Å²) in [6, 6.07) is 1.85. The molecular formula is C16H15ClF3N3O2S. The summed E-state index contributed by atoms with van der Waals surface area (Å²) in [5.41, 5.74) is -0.295. The van der Waals surface area contributed by atoms with Crippen molar-refractivity contribution in [3.63, 3.8) is 0 Å². The lowest BCUT2D eigenvalue weighted by Crippen LogP contribution is -2.44. The first kappa shape index (κ1) is 19.1. The van der Waals surface area contributed by atoms with E-state index >= 15 is 0 Å². The van der Waals surface area contributed by atoms with E-state index in [1.807, 2.05) is 11.9 Å². The fraction of sp³-hybridized carbons (Fsp3) is 0.375. The molecule has 10 heteroatoms. The number of nitrogens with zero attached hydrogens (tertiary/aromatic N) is 2. The van der Waals surface area contributed by atoms with Crippen molar-refractivity contribution in [2.24, 2.45) is 0 Å². The fourth-order valence-corrected chi connectivity index (χ4v) is 3.84. The zero-order valence-electron chi connectivity index (χ0n) is 13.7. The first-order valence-electron chi connectivity index (χ1n) is 7.74. The molecule has 2 fully saturated rings. The molecule has 3 rings (SSSR count). The lowest BCUT2D eigenvalue weighted by molar-refractivity contribution is -0.137. The molecule has 2 heterocycles. The number of halogens is 4. The predicted octanol–water partition coefficient (Wildman–Crippen LogP) is 3.43. The van der Waals surface area contributed by atoms with Gasteiger partial charge in [-0.1, -0.05) is 11.6 Å². The third-order valence-corrected chi connectivity index (χ3v) is 5.27. The number of imide groups is 1. The van der Waals surface area contributed by atoms with Crippen molar-refractivity contribution in [2.75, 3.05) is 38.1 Å². The Bertz CT molecular complexity index is 790. The third-order valence-electron chi connectivity index (χ3n) is 4.17. The van der Waals surface area contributed by atoms with E-state index in [1.54, 1.807) is 0 Å². The van der Waals surface area contributed by atoms with E-state index in [0.29, 0.717) is 30.5 Å². The molecule has 5 nitrogen and oxygen atoms in total. The number of nitrogens with one attached hydrogen (secondary N) is 1. The van der Waals surface area contributed by atoms with Gasteiger partial charge in [0.15, 0.2) is 0 Å². The topological polar surface area (TPSA) is 52.6 Å². The molecule has 0 saturated carbocycles. The molecule has 0 aliphatic carbocycles. The summed E-state index contributed by atoms with van der Waals surface area (Å²) in [5, 5.41) is 1.50.